The standard InChI is InChI=1S/C41H77N2O7P/c1-3-5-7-9-11-13-15-17-18-19-20-21-22-24-26-28-30-32-38(44)36-41(46)43-39(37-50-51(47,48)49-35-34-42)40(45)33-31-29-27-25-23-16-14-12-10-8-6-4-2/h11,13,15,17,23,25,31,33,38-40,44-45H,3-10,12,14,16,18-22,24,26-30,32,34-37,42H2,1-2H3,(H,43,46)(H,47,48)/b13-11-,17-15-,25-23+,33-31+. The lowest BCUT2D eigenvalue weighted by molar-refractivity contribution is -0.124. The van der Waals surface area contributed by atoms with Crippen LogP contribution < -0.4 is 11.1 Å². The van der Waals surface area contributed by atoms with Crippen molar-refractivity contribution in [1.29, 1.82) is 0 Å². The SMILES string of the molecule is CCCCC/C=C\C=C/CCCCCCCCCCC(O)CC(=O)NC(COP(=O)(O)OCCN)C(O)/C=C/CC/C=C/CCCCCCCC. The fourth-order valence-electron chi connectivity index (χ4n) is 5.59. The Morgan fingerprint density at radius 3 is 1.78 bits per heavy atom. The molecule has 0 aromatic rings. The molecule has 4 atom stereocenters. The van der Waals surface area contributed by atoms with Crippen molar-refractivity contribution in [3.8, 4) is 0 Å². The van der Waals surface area contributed by atoms with E-state index >= 15 is 0 Å². The molecule has 1 amide bonds. The zero-order valence-electron chi connectivity index (χ0n) is 32.4. The van der Waals surface area contributed by atoms with Gasteiger partial charge in [-0.3, -0.25) is 13.8 Å². The number of aliphatic hydroxyl groups excluding tert-OH is 2. The number of hydrogen-bond donors (Lipinski definition) is 5. The Hall–Kier alpha value is -1.58. The van der Waals surface area contributed by atoms with Crippen molar-refractivity contribution in [2.24, 2.45) is 5.73 Å². The highest BCUT2D eigenvalue weighted by Gasteiger charge is 2.27. The Balaban J connectivity index is 4.39. The number of nitrogens with two attached hydrogens (primary N) is 1. The van der Waals surface area contributed by atoms with E-state index in [0.29, 0.717) is 12.8 Å². The number of carbonyl (C=O) groups excluding carboxylic acids is 1. The molecule has 0 heterocycles. The van der Waals surface area contributed by atoms with Crippen LogP contribution in [0.5, 0.6) is 0 Å². The van der Waals surface area contributed by atoms with E-state index in [1.54, 1.807) is 6.08 Å². The molecule has 0 radical (unpaired) electrons. The van der Waals surface area contributed by atoms with E-state index in [0.717, 1.165) is 38.5 Å². The van der Waals surface area contributed by atoms with E-state index in [1.807, 2.05) is 6.08 Å². The third-order valence-electron chi connectivity index (χ3n) is 8.71. The fraction of sp³-hybridized carbons (Fsp3) is 0.780. The van der Waals surface area contributed by atoms with E-state index in [-0.39, 0.29) is 19.6 Å². The smallest absolute Gasteiger partial charge is 0.393 e. The second-order valence-corrected chi connectivity index (χ2v) is 15.2. The first-order chi connectivity index (χ1) is 24.8. The second-order valence-electron chi connectivity index (χ2n) is 13.7. The summed E-state index contributed by atoms with van der Waals surface area (Å²) in [4.78, 5) is 22.7. The first-order valence-electron chi connectivity index (χ1n) is 20.4. The molecule has 0 fully saturated rings. The highest BCUT2D eigenvalue weighted by molar-refractivity contribution is 7.47. The molecular formula is C41H77N2O7P. The maximum atomic E-state index is 12.8. The lowest BCUT2D eigenvalue weighted by Gasteiger charge is -2.24. The van der Waals surface area contributed by atoms with Gasteiger partial charge >= 0.3 is 7.82 Å². The van der Waals surface area contributed by atoms with Crippen LogP contribution in [0.1, 0.15) is 168 Å². The predicted octanol–water partition coefficient (Wildman–Crippen LogP) is 9.91. The van der Waals surface area contributed by atoms with Crippen molar-refractivity contribution in [3.63, 3.8) is 0 Å². The van der Waals surface area contributed by atoms with Crippen LogP contribution in [0.25, 0.3) is 0 Å². The van der Waals surface area contributed by atoms with E-state index < -0.39 is 38.6 Å². The zero-order chi connectivity index (χ0) is 37.7. The molecule has 0 rings (SSSR count). The molecule has 0 saturated heterocycles. The van der Waals surface area contributed by atoms with Crippen LogP contribution >= 0.6 is 7.82 Å². The summed E-state index contributed by atoms with van der Waals surface area (Å²) in [5.74, 6) is -0.463. The number of allylic oxidation sites excluding steroid dienone is 7. The summed E-state index contributed by atoms with van der Waals surface area (Å²) >= 11 is 0. The van der Waals surface area contributed by atoms with Gasteiger partial charge in [0.2, 0.25) is 5.91 Å². The summed E-state index contributed by atoms with van der Waals surface area (Å²) in [6, 6.07) is -1.00. The van der Waals surface area contributed by atoms with Gasteiger partial charge in [0, 0.05) is 6.54 Å². The maximum Gasteiger partial charge on any atom is 0.472 e. The average molecular weight is 741 g/mol. The van der Waals surface area contributed by atoms with Gasteiger partial charge in [-0.15, -0.1) is 0 Å². The normalized spacial score (nSPS) is 15.3. The molecule has 51 heavy (non-hydrogen) atoms. The van der Waals surface area contributed by atoms with Crippen molar-refractivity contribution in [2.45, 2.75) is 186 Å². The number of nitrogens with one attached hydrogen (secondary N) is 1. The molecule has 4 unspecified atom stereocenters. The molecule has 0 aliphatic carbocycles. The first-order valence-corrected chi connectivity index (χ1v) is 21.9. The number of phosphoric ester groups is 1. The fourth-order valence-corrected chi connectivity index (χ4v) is 6.35. The first kappa shape index (κ1) is 49.4. The number of amides is 1. The molecule has 0 aromatic heterocycles. The second kappa shape index (κ2) is 36.8. The van der Waals surface area contributed by atoms with Gasteiger partial charge in [0.25, 0.3) is 0 Å². The summed E-state index contributed by atoms with van der Waals surface area (Å²) in [6.07, 6.45) is 40.5. The maximum absolute atomic E-state index is 12.8. The Labute approximate surface area is 312 Å². The van der Waals surface area contributed by atoms with Crippen molar-refractivity contribution in [2.75, 3.05) is 19.8 Å². The van der Waals surface area contributed by atoms with Crippen LogP contribution in [0.15, 0.2) is 48.6 Å². The van der Waals surface area contributed by atoms with Gasteiger partial charge in [0.15, 0.2) is 0 Å². The van der Waals surface area contributed by atoms with Crippen LogP contribution in [0.2, 0.25) is 0 Å². The lowest BCUT2D eigenvalue weighted by atomic mass is 10.0. The minimum Gasteiger partial charge on any atom is -0.393 e. The zero-order valence-corrected chi connectivity index (χ0v) is 33.3. The molecule has 0 aliphatic rings. The largest absolute Gasteiger partial charge is 0.472 e. The number of hydrogen-bond acceptors (Lipinski definition) is 7. The molecule has 0 bridgehead atoms. The third kappa shape index (κ3) is 35.2. The van der Waals surface area contributed by atoms with E-state index in [9.17, 15) is 24.5 Å². The number of phosphoric acid groups is 1. The number of carbonyl (C=O) groups is 1. The third-order valence-corrected chi connectivity index (χ3v) is 9.69. The summed E-state index contributed by atoms with van der Waals surface area (Å²) in [5.41, 5.74) is 5.35. The Morgan fingerprint density at radius 1 is 0.686 bits per heavy atom. The molecule has 0 aromatic carbocycles. The molecular weight excluding hydrogens is 663 g/mol. The Kier molecular flexibility index (Phi) is 35.6. The highest BCUT2D eigenvalue weighted by Crippen LogP contribution is 2.43. The quantitative estimate of drug-likeness (QED) is 0.0183. The highest BCUT2D eigenvalue weighted by atomic mass is 31.2. The predicted molar refractivity (Wildman–Crippen MR) is 213 cm³/mol. The average Bonchev–Trinajstić information content (AvgIpc) is 3.10. The molecule has 298 valence electrons. The number of rotatable bonds is 37. The molecule has 0 saturated carbocycles. The molecule has 0 spiro atoms. The summed E-state index contributed by atoms with van der Waals surface area (Å²) in [5, 5.41) is 23.9. The van der Waals surface area contributed by atoms with E-state index in [1.165, 1.54) is 96.3 Å². The van der Waals surface area contributed by atoms with Gasteiger partial charge in [-0.2, -0.15) is 0 Å². The van der Waals surface area contributed by atoms with Gasteiger partial charge in [0.05, 0.1) is 37.9 Å². The van der Waals surface area contributed by atoms with Gasteiger partial charge < -0.3 is 26.2 Å². The van der Waals surface area contributed by atoms with Crippen LogP contribution in [0.4, 0.5) is 0 Å². The van der Waals surface area contributed by atoms with Crippen LogP contribution in [-0.2, 0) is 18.4 Å². The topological polar surface area (TPSA) is 151 Å². The Bertz CT molecular complexity index is 956. The van der Waals surface area contributed by atoms with E-state index in [2.05, 4.69) is 55.6 Å². The lowest BCUT2D eigenvalue weighted by Crippen LogP contribution is -2.46. The van der Waals surface area contributed by atoms with Crippen molar-refractivity contribution < 1.29 is 33.5 Å². The van der Waals surface area contributed by atoms with E-state index in [4.69, 9.17) is 14.8 Å². The molecule has 6 N–H and O–H groups in total. The van der Waals surface area contributed by atoms with Crippen molar-refractivity contribution in [1.82, 2.24) is 5.32 Å². The molecule has 0 aliphatic heterocycles. The van der Waals surface area contributed by atoms with Crippen LogP contribution in [-0.4, -0.2) is 59.0 Å². The van der Waals surface area contributed by atoms with Crippen molar-refractivity contribution in [3.05, 3.63) is 48.6 Å². The van der Waals surface area contributed by atoms with Gasteiger partial charge in [-0.25, -0.2) is 4.57 Å². The van der Waals surface area contributed by atoms with Crippen molar-refractivity contribution >= 4 is 13.7 Å². The number of unbranched alkanes of at least 4 members (excludes halogenated alkanes) is 18. The van der Waals surface area contributed by atoms with Crippen LogP contribution in [0.3, 0.4) is 0 Å². The summed E-state index contributed by atoms with van der Waals surface area (Å²) < 4.78 is 22.0. The van der Waals surface area contributed by atoms with Gasteiger partial charge in [-0.05, 0) is 57.8 Å². The minimum absolute atomic E-state index is 0.0422. The van der Waals surface area contributed by atoms with Crippen LogP contribution in [0, 0.1) is 0 Å². The minimum atomic E-state index is -4.40. The number of aliphatic hydroxyl groups is 2. The van der Waals surface area contributed by atoms with Gasteiger partial charge in [-0.1, -0.05) is 152 Å². The molecule has 9 nitrogen and oxygen atoms in total. The Morgan fingerprint density at radius 2 is 1.18 bits per heavy atom. The summed E-state index contributed by atoms with van der Waals surface area (Å²) in [7, 11) is -4.40. The monoisotopic (exact) mass is 741 g/mol. The molecule has 10 heteroatoms. The summed E-state index contributed by atoms with van der Waals surface area (Å²) in [6.45, 7) is 3.88. The van der Waals surface area contributed by atoms with Gasteiger partial charge in [0.1, 0.15) is 0 Å².